The Morgan fingerprint density at radius 3 is 2.40 bits per heavy atom. The van der Waals surface area contributed by atoms with Crippen molar-refractivity contribution in [2.45, 2.75) is 13.5 Å². The smallest absolute Gasteiger partial charge is 0.367 e. The first kappa shape index (κ1) is 18.2. The summed E-state index contributed by atoms with van der Waals surface area (Å²) in [5.41, 5.74) is 2.82. The molecule has 0 spiro atoms. The average molecular weight is 486 g/mol. The van der Waals surface area contributed by atoms with Crippen LogP contribution in [0.4, 0.5) is 0 Å². The van der Waals surface area contributed by atoms with E-state index in [1.54, 1.807) is 13.0 Å². The van der Waals surface area contributed by atoms with Gasteiger partial charge in [0.1, 0.15) is 12.4 Å². The summed E-state index contributed by atoms with van der Waals surface area (Å²) in [7, 11) is 0. The molecule has 7 heteroatoms. The van der Waals surface area contributed by atoms with Gasteiger partial charge in [-0.2, -0.15) is 0 Å². The predicted molar refractivity (Wildman–Crippen MR) is 105 cm³/mol. The van der Waals surface area contributed by atoms with E-state index in [0.717, 1.165) is 20.1 Å². The van der Waals surface area contributed by atoms with Gasteiger partial charge in [-0.15, -0.1) is 0 Å². The number of carbonyl (C=O) groups excluding carboxylic acids is 1. The molecule has 0 radical (unpaired) electrons. The molecular weight excluding hydrogens is 473 g/mol. The molecule has 0 atom stereocenters. The number of carbonyl (C=O) groups is 1. The van der Waals surface area contributed by atoms with Gasteiger partial charge in [-0.05, 0) is 80.3 Å². The first-order chi connectivity index (χ1) is 11.9. The monoisotopic (exact) mass is 483 g/mol. The van der Waals surface area contributed by atoms with Crippen LogP contribution < -0.4 is 4.74 Å². The molecule has 1 heterocycles. The van der Waals surface area contributed by atoms with Crippen molar-refractivity contribution in [3.8, 4) is 5.75 Å². The molecule has 0 bridgehead atoms. The molecule has 2 aromatic rings. The Bertz CT molecular complexity index is 869. The van der Waals surface area contributed by atoms with Gasteiger partial charge in [0, 0.05) is 5.02 Å². The molecular formula is C18H12Br2ClNO3. The third-order valence-electron chi connectivity index (χ3n) is 3.50. The van der Waals surface area contributed by atoms with E-state index in [9.17, 15) is 4.79 Å². The van der Waals surface area contributed by atoms with Crippen molar-refractivity contribution in [1.29, 1.82) is 0 Å². The average Bonchev–Trinajstić information content (AvgIpc) is 2.88. The number of rotatable bonds is 4. The van der Waals surface area contributed by atoms with Gasteiger partial charge in [0.05, 0.1) is 20.2 Å². The van der Waals surface area contributed by atoms with Gasteiger partial charge in [0.2, 0.25) is 0 Å². The van der Waals surface area contributed by atoms with Crippen LogP contribution in [0.3, 0.4) is 0 Å². The molecule has 0 aromatic heterocycles. The Morgan fingerprint density at radius 1 is 1.20 bits per heavy atom. The second kappa shape index (κ2) is 7.72. The van der Waals surface area contributed by atoms with Crippen molar-refractivity contribution in [3.63, 3.8) is 0 Å². The number of hydrogen-bond acceptors (Lipinski definition) is 4. The minimum Gasteiger partial charge on any atom is -0.487 e. The number of ether oxygens (including phenoxy) is 1. The molecule has 128 valence electrons. The van der Waals surface area contributed by atoms with Crippen molar-refractivity contribution in [3.05, 3.63) is 67.1 Å². The van der Waals surface area contributed by atoms with Gasteiger partial charge in [0.25, 0.3) is 0 Å². The zero-order valence-corrected chi connectivity index (χ0v) is 17.0. The zero-order chi connectivity index (χ0) is 18.0. The molecule has 0 aliphatic carbocycles. The summed E-state index contributed by atoms with van der Waals surface area (Å²) < 4.78 is 7.42. The second-order valence-electron chi connectivity index (χ2n) is 5.34. The molecule has 0 fully saturated rings. The molecule has 0 N–H and O–H groups in total. The maximum atomic E-state index is 11.6. The predicted octanol–water partition coefficient (Wildman–Crippen LogP) is 5.76. The van der Waals surface area contributed by atoms with Gasteiger partial charge in [-0.25, -0.2) is 4.79 Å². The summed E-state index contributed by atoms with van der Waals surface area (Å²) in [5.74, 6) is 0.226. The van der Waals surface area contributed by atoms with Crippen LogP contribution in [0.2, 0.25) is 5.02 Å². The standard InChI is InChI=1S/C18H12Br2ClNO3/c1-10-14(18(23)25-22-10)6-12-7-15(19)17(16(20)8-12)24-9-11-2-4-13(21)5-3-11/h2-8H,9H2,1H3/b14-6-. The lowest BCUT2D eigenvalue weighted by molar-refractivity contribution is -0.136. The normalized spacial score (nSPS) is 15.3. The molecule has 3 rings (SSSR count). The fraction of sp³-hybridized carbons (Fsp3) is 0.111. The van der Waals surface area contributed by atoms with Crippen LogP contribution in [0.5, 0.6) is 5.75 Å². The third-order valence-corrected chi connectivity index (χ3v) is 4.93. The molecule has 0 amide bonds. The fourth-order valence-electron chi connectivity index (χ4n) is 2.22. The number of hydrogen-bond donors (Lipinski definition) is 0. The first-order valence-electron chi connectivity index (χ1n) is 7.28. The second-order valence-corrected chi connectivity index (χ2v) is 7.49. The van der Waals surface area contributed by atoms with Crippen molar-refractivity contribution in [1.82, 2.24) is 0 Å². The Labute approximate surface area is 166 Å². The molecule has 2 aromatic carbocycles. The van der Waals surface area contributed by atoms with Crippen LogP contribution in [0, 0.1) is 0 Å². The highest BCUT2D eigenvalue weighted by molar-refractivity contribution is 9.11. The number of benzene rings is 2. The van der Waals surface area contributed by atoms with E-state index in [-0.39, 0.29) is 0 Å². The zero-order valence-electron chi connectivity index (χ0n) is 13.1. The quantitative estimate of drug-likeness (QED) is 0.409. The van der Waals surface area contributed by atoms with Crippen LogP contribution >= 0.6 is 43.5 Å². The highest BCUT2D eigenvalue weighted by atomic mass is 79.9. The lowest BCUT2D eigenvalue weighted by Crippen LogP contribution is -2.02. The van der Waals surface area contributed by atoms with E-state index in [1.807, 2.05) is 36.4 Å². The highest BCUT2D eigenvalue weighted by Crippen LogP contribution is 2.36. The Morgan fingerprint density at radius 2 is 1.84 bits per heavy atom. The molecule has 1 aliphatic heterocycles. The minimum atomic E-state index is -0.451. The van der Waals surface area contributed by atoms with E-state index >= 15 is 0 Å². The molecule has 4 nitrogen and oxygen atoms in total. The summed E-state index contributed by atoms with van der Waals surface area (Å²) in [4.78, 5) is 16.3. The molecule has 0 unspecified atom stereocenters. The van der Waals surface area contributed by atoms with E-state index in [0.29, 0.717) is 28.7 Å². The topological polar surface area (TPSA) is 47.9 Å². The Hall–Kier alpha value is -1.63. The van der Waals surface area contributed by atoms with Crippen molar-refractivity contribution < 1.29 is 14.4 Å². The first-order valence-corrected chi connectivity index (χ1v) is 9.25. The van der Waals surface area contributed by atoms with Gasteiger partial charge in [-0.1, -0.05) is 28.9 Å². The van der Waals surface area contributed by atoms with Gasteiger partial charge in [0.15, 0.2) is 0 Å². The summed E-state index contributed by atoms with van der Waals surface area (Å²) in [6.07, 6.45) is 1.73. The van der Waals surface area contributed by atoms with Crippen LogP contribution in [0.15, 0.2) is 56.1 Å². The maximum Gasteiger partial charge on any atom is 0.367 e. The molecule has 25 heavy (non-hydrogen) atoms. The number of nitrogens with zero attached hydrogens (tertiary/aromatic N) is 1. The number of oxime groups is 1. The van der Waals surface area contributed by atoms with Crippen molar-refractivity contribution >= 4 is 61.2 Å². The van der Waals surface area contributed by atoms with Gasteiger partial charge in [-0.3, -0.25) is 0 Å². The summed E-state index contributed by atoms with van der Waals surface area (Å²) >= 11 is 12.9. The summed E-state index contributed by atoms with van der Waals surface area (Å²) in [5, 5.41) is 4.36. The maximum absolute atomic E-state index is 11.6. The molecule has 0 saturated heterocycles. The summed E-state index contributed by atoms with van der Waals surface area (Å²) in [6, 6.07) is 11.2. The minimum absolute atomic E-state index is 0.410. The molecule has 1 aliphatic rings. The lowest BCUT2D eigenvalue weighted by atomic mass is 10.1. The van der Waals surface area contributed by atoms with Gasteiger partial charge < -0.3 is 9.57 Å². The largest absolute Gasteiger partial charge is 0.487 e. The number of halogens is 3. The van der Waals surface area contributed by atoms with Crippen molar-refractivity contribution in [2.24, 2.45) is 5.16 Å². The molecule has 0 saturated carbocycles. The summed E-state index contributed by atoms with van der Waals surface area (Å²) in [6.45, 7) is 2.14. The third kappa shape index (κ3) is 4.32. The lowest BCUT2D eigenvalue weighted by Gasteiger charge is -2.12. The highest BCUT2D eigenvalue weighted by Gasteiger charge is 2.22. The fourth-order valence-corrected chi connectivity index (χ4v) is 3.80. The van der Waals surface area contributed by atoms with E-state index in [2.05, 4.69) is 41.9 Å². The van der Waals surface area contributed by atoms with Crippen LogP contribution in [-0.4, -0.2) is 11.7 Å². The van der Waals surface area contributed by atoms with Crippen LogP contribution in [-0.2, 0) is 16.2 Å². The SMILES string of the molecule is CC1=NOC(=O)/C1=C\c1cc(Br)c(OCc2ccc(Cl)cc2)c(Br)c1. The van der Waals surface area contributed by atoms with E-state index in [4.69, 9.17) is 16.3 Å². The van der Waals surface area contributed by atoms with Gasteiger partial charge >= 0.3 is 5.97 Å². The van der Waals surface area contributed by atoms with E-state index < -0.39 is 5.97 Å². The Kier molecular flexibility index (Phi) is 5.61. The Balaban J connectivity index is 1.81. The van der Waals surface area contributed by atoms with Crippen LogP contribution in [0.1, 0.15) is 18.1 Å². The van der Waals surface area contributed by atoms with E-state index in [1.165, 1.54) is 0 Å². The van der Waals surface area contributed by atoms with Crippen LogP contribution in [0.25, 0.3) is 6.08 Å². The van der Waals surface area contributed by atoms with Crippen molar-refractivity contribution in [2.75, 3.05) is 0 Å².